The minimum absolute atomic E-state index is 0.284. The van der Waals surface area contributed by atoms with Crippen LogP contribution < -0.4 is 15.1 Å². The molecular weight excluding hydrogens is 579 g/mol. The summed E-state index contributed by atoms with van der Waals surface area (Å²) in [7, 11) is 0. The van der Waals surface area contributed by atoms with Crippen molar-refractivity contribution in [1.29, 1.82) is 0 Å². The number of carbonyl (C=O) groups excluding carboxylic acids is 3. The number of halogens is 3. The summed E-state index contributed by atoms with van der Waals surface area (Å²) in [5, 5.41) is 1.90. The van der Waals surface area contributed by atoms with E-state index < -0.39 is 57.1 Å². The second kappa shape index (κ2) is 10.1. The summed E-state index contributed by atoms with van der Waals surface area (Å²) in [5.41, 5.74) is -0.193. The molecule has 3 atom stereocenters. The smallest absolute Gasteiger partial charge is 0.418 e. The van der Waals surface area contributed by atoms with E-state index in [2.05, 4.69) is 5.32 Å². The van der Waals surface area contributed by atoms with Gasteiger partial charge in [0.1, 0.15) is 17.6 Å². The highest BCUT2D eigenvalue weighted by Gasteiger charge is 2.58. The number of hydrogen-bond acceptors (Lipinski definition) is 7. The number of amides is 3. The van der Waals surface area contributed by atoms with Crippen LogP contribution in [0.25, 0.3) is 0 Å². The fourth-order valence-corrected chi connectivity index (χ4v) is 8.00. The second-order valence-corrected chi connectivity index (χ2v) is 11.7. The zero-order chi connectivity index (χ0) is 29.1. The minimum atomic E-state index is -4.80. The number of thiazole rings is 1. The van der Waals surface area contributed by atoms with Crippen LogP contribution in [0.4, 0.5) is 24.5 Å². The molecule has 0 radical (unpaired) electrons. The molecule has 1 N–H and O–H groups in total. The van der Waals surface area contributed by atoms with Crippen LogP contribution in [0.15, 0.2) is 81.2 Å². The molecular formula is C28H20F3N3O5S2. The van der Waals surface area contributed by atoms with Crippen molar-refractivity contribution in [3.8, 4) is 0 Å². The molecule has 3 amide bonds. The number of furan rings is 1. The van der Waals surface area contributed by atoms with Gasteiger partial charge in [-0.3, -0.25) is 23.7 Å². The molecule has 210 valence electrons. The van der Waals surface area contributed by atoms with Crippen molar-refractivity contribution >= 4 is 52.2 Å². The topological polar surface area (TPSA) is 102 Å². The summed E-state index contributed by atoms with van der Waals surface area (Å²) in [6.45, 7) is 1.50. The number of rotatable bonds is 5. The minimum Gasteiger partial charge on any atom is -0.469 e. The van der Waals surface area contributed by atoms with Gasteiger partial charge >= 0.3 is 11.0 Å². The lowest BCUT2D eigenvalue weighted by Gasteiger charge is -2.29. The van der Waals surface area contributed by atoms with Crippen LogP contribution in [0, 0.1) is 12.8 Å². The number of nitrogens with zero attached hydrogens (tertiary/aromatic N) is 2. The van der Waals surface area contributed by atoms with Crippen molar-refractivity contribution < 1.29 is 32.0 Å². The lowest BCUT2D eigenvalue weighted by molar-refractivity contribution is -0.137. The van der Waals surface area contributed by atoms with E-state index in [0.717, 1.165) is 40.8 Å². The Labute approximate surface area is 238 Å². The van der Waals surface area contributed by atoms with E-state index in [0.29, 0.717) is 20.5 Å². The molecule has 41 heavy (non-hydrogen) atoms. The van der Waals surface area contributed by atoms with Crippen molar-refractivity contribution in [2.45, 2.75) is 35.8 Å². The third kappa shape index (κ3) is 4.68. The maximum atomic E-state index is 13.8. The van der Waals surface area contributed by atoms with E-state index in [9.17, 15) is 32.3 Å². The summed E-state index contributed by atoms with van der Waals surface area (Å²) in [4.78, 5) is 54.1. The second-order valence-electron chi connectivity index (χ2n) is 9.63. The van der Waals surface area contributed by atoms with Gasteiger partial charge in [-0.1, -0.05) is 47.4 Å². The largest absolute Gasteiger partial charge is 0.469 e. The number of aryl methyl sites for hydroxylation is 1. The summed E-state index contributed by atoms with van der Waals surface area (Å²) < 4.78 is 48.4. The number of imide groups is 1. The Bertz CT molecular complexity index is 1740. The number of benzene rings is 2. The molecule has 2 aliphatic rings. The van der Waals surface area contributed by atoms with Crippen LogP contribution in [-0.4, -0.2) is 27.5 Å². The first kappa shape index (κ1) is 27.1. The van der Waals surface area contributed by atoms with E-state index in [1.165, 1.54) is 23.0 Å². The molecule has 0 unspecified atom stereocenters. The summed E-state index contributed by atoms with van der Waals surface area (Å²) in [6.07, 6.45) is -3.43. The molecule has 1 fully saturated rings. The first-order valence-electron chi connectivity index (χ1n) is 12.4. The van der Waals surface area contributed by atoms with E-state index >= 15 is 0 Å². The molecule has 4 aromatic rings. The number of carbonyl (C=O) groups is 3. The lowest BCUT2D eigenvalue weighted by atomic mass is 9.86. The molecule has 0 saturated carbocycles. The normalized spacial score (nSPS) is 20.2. The molecule has 1 saturated heterocycles. The predicted molar refractivity (Wildman–Crippen MR) is 146 cm³/mol. The van der Waals surface area contributed by atoms with Crippen LogP contribution in [-0.2, 0) is 27.1 Å². The number of nitrogens with one attached hydrogen (secondary N) is 1. The molecule has 6 rings (SSSR count). The zero-order valence-corrected chi connectivity index (χ0v) is 22.8. The number of alkyl halides is 3. The lowest BCUT2D eigenvalue weighted by Crippen LogP contribution is -2.33. The van der Waals surface area contributed by atoms with E-state index in [4.69, 9.17) is 4.42 Å². The number of thioether (sulfide) groups is 1. The number of fused-ring (bicyclic) bond motifs is 2. The highest BCUT2D eigenvalue weighted by Crippen LogP contribution is 2.54. The number of para-hydroxylation sites is 1. The fourth-order valence-electron chi connectivity index (χ4n) is 5.24. The SMILES string of the molecule is Cc1cccc(NC(=O)Cn2c3c(sc2=O)[C@@H](c2ccco2)[C@@H]2C(=O)N(c4ccccc4C(F)(F)F)C(=O)[C@@H]2S3)c1. The third-order valence-electron chi connectivity index (χ3n) is 6.95. The van der Waals surface area contributed by atoms with Crippen molar-refractivity contribution in [3.63, 3.8) is 0 Å². The number of hydrogen-bond donors (Lipinski definition) is 1. The predicted octanol–water partition coefficient (Wildman–Crippen LogP) is 5.26. The molecule has 4 heterocycles. The zero-order valence-electron chi connectivity index (χ0n) is 21.2. The van der Waals surface area contributed by atoms with Crippen molar-refractivity contribution in [2.24, 2.45) is 5.92 Å². The number of aromatic nitrogens is 1. The van der Waals surface area contributed by atoms with Gasteiger partial charge in [-0.2, -0.15) is 13.2 Å². The van der Waals surface area contributed by atoms with Gasteiger partial charge < -0.3 is 9.73 Å². The van der Waals surface area contributed by atoms with Gasteiger partial charge in [0.05, 0.1) is 39.3 Å². The van der Waals surface area contributed by atoms with Crippen molar-refractivity contribution in [2.75, 3.05) is 10.2 Å². The molecule has 2 aromatic carbocycles. The first-order valence-corrected chi connectivity index (χ1v) is 14.1. The molecule has 2 aromatic heterocycles. The summed E-state index contributed by atoms with van der Waals surface area (Å²) >= 11 is 1.72. The van der Waals surface area contributed by atoms with E-state index in [1.807, 2.05) is 13.0 Å². The highest BCUT2D eigenvalue weighted by atomic mass is 32.2. The Balaban J connectivity index is 1.40. The van der Waals surface area contributed by atoms with Gasteiger partial charge in [-0.25, -0.2) is 4.90 Å². The molecule has 0 spiro atoms. The summed E-state index contributed by atoms with van der Waals surface area (Å²) in [5.74, 6) is -3.89. The van der Waals surface area contributed by atoms with Gasteiger partial charge in [-0.05, 0) is 48.9 Å². The monoisotopic (exact) mass is 599 g/mol. The molecule has 0 aliphatic carbocycles. The van der Waals surface area contributed by atoms with Crippen LogP contribution >= 0.6 is 23.1 Å². The Morgan fingerprint density at radius 1 is 1.02 bits per heavy atom. The maximum absolute atomic E-state index is 13.8. The van der Waals surface area contributed by atoms with Gasteiger partial charge in [0, 0.05) is 5.69 Å². The molecule has 0 bridgehead atoms. The maximum Gasteiger partial charge on any atom is 0.418 e. The van der Waals surface area contributed by atoms with Crippen LogP contribution in [0.2, 0.25) is 0 Å². The number of anilines is 2. The Kier molecular flexibility index (Phi) is 6.65. The van der Waals surface area contributed by atoms with Gasteiger partial charge in [0.2, 0.25) is 17.7 Å². The Morgan fingerprint density at radius 2 is 1.80 bits per heavy atom. The third-order valence-corrected chi connectivity index (χ3v) is 9.56. The first-order chi connectivity index (χ1) is 19.5. The van der Waals surface area contributed by atoms with Crippen LogP contribution in [0.5, 0.6) is 0 Å². The Morgan fingerprint density at radius 3 is 2.51 bits per heavy atom. The fraction of sp³-hybridized carbons (Fsp3) is 0.214. The molecule has 2 aliphatic heterocycles. The van der Waals surface area contributed by atoms with Gasteiger partial charge in [0.15, 0.2) is 0 Å². The van der Waals surface area contributed by atoms with Crippen LogP contribution in [0.3, 0.4) is 0 Å². The summed E-state index contributed by atoms with van der Waals surface area (Å²) in [6, 6.07) is 14.7. The van der Waals surface area contributed by atoms with E-state index in [-0.39, 0.29) is 12.3 Å². The molecule has 13 heteroatoms. The molecule has 8 nitrogen and oxygen atoms in total. The van der Waals surface area contributed by atoms with E-state index in [1.54, 1.807) is 30.3 Å². The quantitative estimate of drug-likeness (QED) is 0.314. The Hall–Kier alpha value is -4.10. The highest BCUT2D eigenvalue weighted by molar-refractivity contribution is 8.00. The van der Waals surface area contributed by atoms with Crippen molar-refractivity contribution in [3.05, 3.63) is 98.4 Å². The van der Waals surface area contributed by atoms with Gasteiger partial charge in [0.25, 0.3) is 0 Å². The standard InChI is InChI=1S/C28H20F3N3O5S2/c1-14-6-4-7-15(12-14)32-19(35)13-33-26-23(41-27(33)38)20(18-10-5-11-39-18)21-22(40-26)25(37)34(24(21)36)17-9-3-2-8-16(17)28(29,30)31/h2-12,20-22H,13H2,1H3,(H,32,35)/t20-,21-,22+/m0/s1. The average Bonchev–Trinajstić information content (AvgIpc) is 3.61. The van der Waals surface area contributed by atoms with Crippen molar-refractivity contribution in [1.82, 2.24) is 4.57 Å². The average molecular weight is 600 g/mol. The van der Waals surface area contributed by atoms with Gasteiger partial charge in [-0.15, -0.1) is 0 Å². The van der Waals surface area contributed by atoms with Crippen LogP contribution in [0.1, 0.15) is 27.7 Å².